The number of carbonyl (C=O) groups is 2. The Balaban J connectivity index is 1.04. The van der Waals surface area contributed by atoms with Gasteiger partial charge in [-0.2, -0.15) is 0 Å². The van der Waals surface area contributed by atoms with Gasteiger partial charge in [0, 0.05) is 47.3 Å². The highest BCUT2D eigenvalue weighted by atomic mass is 35.5. The zero-order chi connectivity index (χ0) is 31.9. The van der Waals surface area contributed by atoms with E-state index in [0.29, 0.717) is 27.7 Å². The van der Waals surface area contributed by atoms with Gasteiger partial charge in [0.05, 0.1) is 19.9 Å². The topological polar surface area (TPSA) is 85.8 Å². The Labute approximate surface area is 291 Å². The molecule has 12 heteroatoms. The van der Waals surface area contributed by atoms with Crippen LogP contribution < -0.4 is 10.2 Å². The molecular weight excluding hydrogens is 683 g/mol. The summed E-state index contributed by atoms with van der Waals surface area (Å²) in [5.41, 5.74) is 1.55. The second-order valence-corrected chi connectivity index (χ2v) is 17.1. The Morgan fingerprint density at radius 1 is 1.00 bits per heavy atom. The van der Waals surface area contributed by atoms with E-state index in [1.165, 1.54) is 81.5 Å². The summed E-state index contributed by atoms with van der Waals surface area (Å²) in [5, 5.41) is 16.8. The molecular formula is C34H35Cl3N4O3S2. The van der Waals surface area contributed by atoms with Crippen molar-refractivity contribution < 1.29 is 14.7 Å². The number of rotatable bonds is 7. The quantitative estimate of drug-likeness (QED) is 0.238. The lowest BCUT2D eigenvalue weighted by Crippen LogP contribution is -2.57. The van der Waals surface area contributed by atoms with Crippen LogP contribution in [0.3, 0.4) is 0 Å². The van der Waals surface area contributed by atoms with Crippen molar-refractivity contribution in [2.75, 3.05) is 29.9 Å². The Morgan fingerprint density at radius 3 is 2.33 bits per heavy atom. The fourth-order valence-corrected chi connectivity index (χ4v) is 12.2. The van der Waals surface area contributed by atoms with Gasteiger partial charge < -0.3 is 10.0 Å². The molecule has 4 aliphatic carbocycles. The molecule has 6 aliphatic rings. The molecule has 1 amide bonds. The minimum Gasteiger partial charge on any atom is -0.478 e. The van der Waals surface area contributed by atoms with Crippen molar-refractivity contribution in [1.29, 1.82) is 0 Å². The number of hydrogen-bond acceptors (Lipinski definition) is 7. The molecule has 4 heterocycles. The predicted octanol–water partition coefficient (Wildman–Crippen LogP) is 8.91. The molecule has 2 unspecified atom stereocenters. The molecule has 46 heavy (non-hydrogen) atoms. The predicted molar refractivity (Wildman–Crippen MR) is 188 cm³/mol. The van der Waals surface area contributed by atoms with Gasteiger partial charge in [-0.1, -0.05) is 46.1 Å². The maximum absolute atomic E-state index is 13.4. The number of aromatic nitrogens is 1. The average Bonchev–Trinajstić information content (AvgIpc) is 3.79. The summed E-state index contributed by atoms with van der Waals surface area (Å²) in [6.07, 6.45) is 9.88. The van der Waals surface area contributed by atoms with Crippen molar-refractivity contribution in [2.45, 2.75) is 57.5 Å². The number of nitrogens with one attached hydrogen (secondary N) is 1. The number of carboxylic acid groups (broad SMARTS) is 1. The Morgan fingerprint density at radius 2 is 1.70 bits per heavy atom. The van der Waals surface area contributed by atoms with Crippen LogP contribution in [-0.2, 0) is 4.79 Å². The summed E-state index contributed by atoms with van der Waals surface area (Å²) in [6, 6.07) is 6.25. The third-order valence-electron chi connectivity index (χ3n) is 11.1. The molecule has 2 aliphatic heterocycles. The summed E-state index contributed by atoms with van der Waals surface area (Å²) >= 11 is 22.3. The average molecular weight is 718 g/mol. The van der Waals surface area contributed by atoms with Crippen LogP contribution in [0.15, 0.2) is 29.2 Å². The number of benzene rings is 1. The van der Waals surface area contributed by atoms with E-state index < -0.39 is 11.9 Å². The second kappa shape index (κ2) is 12.1. The molecule has 4 bridgehead atoms. The number of thiophene rings is 1. The van der Waals surface area contributed by atoms with Gasteiger partial charge in [0.15, 0.2) is 5.13 Å². The molecule has 9 rings (SSSR count). The van der Waals surface area contributed by atoms with Gasteiger partial charge in [0.2, 0.25) is 0 Å². The van der Waals surface area contributed by atoms with Gasteiger partial charge in [-0.3, -0.25) is 15.0 Å². The first-order valence-corrected chi connectivity index (χ1v) is 18.9. The van der Waals surface area contributed by atoms with Crippen molar-refractivity contribution in [3.05, 3.63) is 55.3 Å². The lowest BCUT2D eigenvalue weighted by Gasteiger charge is -2.57. The summed E-state index contributed by atoms with van der Waals surface area (Å²) < 4.78 is 0. The van der Waals surface area contributed by atoms with Crippen molar-refractivity contribution in [3.63, 3.8) is 0 Å². The van der Waals surface area contributed by atoms with Gasteiger partial charge in [0.25, 0.3) is 5.91 Å². The first-order valence-electron chi connectivity index (χ1n) is 16.1. The van der Waals surface area contributed by atoms with E-state index in [1.54, 1.807) is 11.3 Å². The third-order valence-corrected chi connectivity index (χ3v) is 14.0. The Hall–Kier alpha value is -2.14. The van der Waals surface area contributed by atoms with Gasteiger partial charge >= 0.3 is 5.97 Å². The minimum atomic E-state index is -1.07. The van der Waals surface area contributed by atoms with Crippen LogP contribution in [0.1, 0.15) is 61.4 Å². The number of hydrogen-bond donors (Lipinski definition) is 2. The normalized spacial score (nSPS) is 30.3. The second-order valence-electron chi connectivity index (χ2n) is 13.9. The molecule has 0 spiro atoms. The molecule has 4 saturated carbocycles. The van der Waals surface area contributed by atoms with Crippen molar-refractivity contribution >= 4 is 85.6 Å². The molecule has 2 N–H and O–H groups in total. The Bertz CT molecular complexity index is 1700. The molecule has 0 radical (unpaired) electrons. The van der Waals surface area contributed by atoms with Gasteiger partial charge in [0.1, 0.15) is 10.7 Å². The number of carboxylic acids is 1. The van der Waals surface area contributed by atoms with Crippen LogP contribution in [0.2, 0.25) is 15.1 Å². The highest BCUT2D eigenvalue weighted by Gasteiger charge is 2.54. The zero-order valence-corrected chi connectivity index (χ0v) is 29.2. The third kappa shape index (κ3) is 5.59. The van der Waals surface area contributed by atoms with Crippen molar-refractivity contribution in [3.8, 4) is 10.6 Å². The molecule has 7 nitrogen and oxygen atoms in total. The fraction of sp³-hybridized carbons (Fsp3) is 0.500. The summed E-state index contributed by atoms with van der Waals surface area (Å²) in [6.45, 7) is 4.66. The van der Waals surface area contributed by atoms with E-state index in [1.807, 2.05) is 11.4 Å². The van der Waals surface area contributed by atoms with Crippen molar-refractivity contribution in [1.82, 2.24) is 9.88 Å². The lowest BCUT2D eigenvalue weighted by molar-refractivity contribution is -0.132. The number of amides is 1. The number of fused-ring (bicyclic) bond motifs is 1. The number of nitrogens with zero attached hydrogens (tertiary/aromatic N) is 3. The number of thiazole rings is 1. The number of carbonyl (C=O) groups excluding carboxylic acids is 1. The maximum Gasteiger partial charge on any atom is 0.331 e. The van der Waals surface area contributed by atoms with Gasteiger partial charge in [-0.05, 0) is 106 Å². The summed E-state index contributed by atoms with van der Waals surface area (Å²) in [7, 11) is 0. The zero-order valence-electron chi connectivity index (χ0n) is 25.3. The van der Waals surface area contributed by atoms with E-state index in [4.69, 9.17) is 39.8 Å². The van der Waals surface area contributed by atoms with E-state index in [9.17, 15) is 14.7 Å². The van der Waals surface area contributed by atoms with Crippen LogP contribution in [0.5, 0.6) is 0 Å². The molecule has 1 aromatic carbocycles. The number of anilines is 2. The first kappa shape index (κ1) is 31.1. The highest BCUT2D eigenvalue weighted by Crippen LogP contribution is 2.57. The van der Waals surface area contributed by atoms with E-state index in [-0.39, 0.29) is 21.2 Å². The molecule has 6 fully saturated rings. The van der Waals surface area contributed by atoms with Crippen LogP contribution in [0.4, 0.5) is 10.1 Å². The fourth-order valence-electron chi connectivity index (χ4n) is 9.45. The van der Waals surface area contributed by atoms with Crippen LogP contribution in [0, 0.1) is 29.6 Å². The standard InChI is InChI=1S/C34H35Cl3N4O3S2/c1-16(33(43)44)4-24-25(36)10-22(11-26(24)37)31(42)39-34-38-29(28-12-23(35)15-45-28)32(46-34)40-13-19-2-3-41(27(19)14-40)30-20-6-17-5-18(8-20)9-21(30)7-17/h4,10-12,15,17-21,27,30H,2-3,5-9,13-14H2,1H3,(H,43,44)(H,38,39,42)/b16-4+/t17-,18+,19?,20-,21+,27?,30?. The van der Waals surface area contributed by atoms with E-state index in [2.05, 4.69) is 15.1 Å². The first-order chi connectivity index (χ1) is 22.1. The number of halogens is 3. The number of aliphatic carboxylic acids is 1. The summed E-state index contributed by atoms with van der Waals surface area (Å²) in [5.74, 6) is 2.89. The van der Waals surface area contributed by atoms with Gasteiger partial charge in [-0.25, -0.2) is 9.78 Å². The van der Waals surface area contributed by atoms with Crippen LogP contribution >= 0.6 is 57.5 Å². The van der Waals surface area contributed by atoms with E-state index >= 15 is 0 Å². The van der Waals surface area contributed by atoms with Crippen LogP contribution in [-0.4, -0.2) is 58.6 Å². The van der Waals surface area contributed by atoms with Crippen molar-refractivity contribution in [2.24, 2.45) is 29.6 Å². The molecule has 3 aromatic rings. The maximum atomic E-state index is 13.4. The highest BCUT2D eigenvalue weighted by molar-refractivity contribution is 7.21. The van der Waals surface area contributed by atoms with Gasteiger partial charge in [-0.15, -0.1) is 11.3 Å². The molecule has 242 valence electrons. The number of likely N-dealkylation sites (tertiary alicyclic amines) is 1. The Kier molecular flexibility index (Phi) is 8.18. The molecule has 2 saturated heterocycles. The summed E-state index contributed by atoms with van der Waals surface area (Å²) in [4.78, 5) is 36.0. The largest absolute Gasteiger partial charge is 0.478 e. The van der Waals surface area contributed by atoms with E-state index in [0.717, 1.165) is 58.4 Å². The minimum absolute atomic E-state index is 0.0877. The monoisotopic (exact) mass is 716 g/mol. The molecule has 2 aromatic heterocycles. The molecule has 2 atom stereocenters. The smallest absolute Gasteiger partial charge is 0.331 e. The van der Waals surface area contributed by atoms with Crippen LogP contribution in [0.25, 0.3) is 16.6 Å². The lowest BCUT2D eigenvalue weighted by atomic mass is 9.54. The SMILES string of the molecule is C/C(=C\c1c(Cl)cc(C(=O)Nc2nc(-c3cc(Cl)cs3)c(N3CC4CCN(C5[C@H]6C[C@@H]7C[C@@H](C[C@H]5C7)C6)C4C3)s2)cc1Cl)C(=O)O.